The summed E-state index contributed by atoms with van der Waals surface area (Å²) in [6, 6.07) is 8.33. The van der Waals surface area contributed by atoms with Crippen molar-refractivity contribution in [1.29, 1.82) is 0 Å². The standard InChI is InChI=1S/C26H25F3N2O6S/c1-15(25-16(2)30-37-17(25)3)11-18-7-9-23-22(12-18)31(14-20(36-23)8-10-24(32)33)38(34,35)21-6-4-5-19(13-21)26(27,28)29/h4-7,9,11-13,20H,8,10,14H2,1-3H3,(H,32,33). The molecular formula is C26H25F3N2O6S. The quantitative estimate of drug-likeness (QED) is 0.402. The first kappa shape index (κ1) is 27.2. The number of hydrogen-bond donors (Lipinski definition) is 1. The van der Waals surface area contributed by atoms with Crippen LogP contribution in [0.4, 0.5) is 18.9 Å². The van der Waals surface area contributed by atoms with Gasteiger partial charge in [0.2, 0.25) is 0 Å². The number of hydrogen-bond acceptors (Lipinski definition) is 6. The van der Waals surface area contributed by atoms with Gasteiger partial charge in [0.15, 0.2) is 0 Å². The summed E-state index contributed by atoms with van der Waals surface area (Å²) in [5.41, 5.74) is 1.95. The molecule has 12 heteroatoms. The lowest BCUT2D eigenvalue weighted by molar-refractivity contribution is -0.138. The van der Waals surface area contributed by atoms with E-state index in [-0.39, 0.29) is 30.8 Å². The van der Waals surface area contributed by atoms with Crippen molar-refractivity contribution < 1.29 is 40.8 Å². The summed E-state index contributed by atoms with van der Waals surface area (Å²) in [5.74, 6) is -0.288. The van der Waals surface area contributed by atoms with Crippen molar-refractivity contribution >= 4 is 33.3 Å². The Hall–Kier alpha value is -3.80. The van der Waals surface area contributed by atoms with Crippen LogP contribution in [0.3, 0.4) is 0 Å². The lowest BCUT2D eigenvalue weighted by Crippen LogP contribution is -2.43. The van der Waals surface area contributed by atoms with Crippen molar-refractivity contribution in [2.24, 2.45) is 0 Å². The summed E-state index contributed by atoms with van der Waals surface area (Å²) in [7, 11) is -4.47. The highest BCUT2D eigenvalue weighted by Gasteiger charge is 2.37. The highest BCUT2D eigenvalue weighted by molar-refractivity contribution is 7.92. The summed E-state index contributed by atoms with van der Waals surface area (Å²) in [5, 5.41) is 13.0. The van der Waals surface area contributed by atoms with Crippen LogP contribution in [-0.4, -0.2) is 37.3 Å². The molecule has 1 N–H and O–H groups in total. The third-order valence-corrected chi connectivity index (χ3v) is 7.93. The zero-order valence-corrected chi connectivity index (χ0v) is 21.6. The van der Waals surface area contributed by atoms with Crippen molar-refractivity contribution in [2.75, 3.05) is 10.8 Å². The fourth-order valence-corrected chi connectivity index (χ4v) is 5.95. The molecule has 1 aliphatic rings. The second-order valence-electron chi connectivity index (χ2n) is 8.99. The number of nitrogens with zero attached hydrogens (tertiary/aromatic N) is 2. The van der Waals surface area contributed by atoms with E-state index < -0.39 is 38.7 Å². The van der Waals surface area contributed by atoms with Crippen LogP contribution in [0.25, 0.3) is 11.6 Å². The molecule has 1 aliphatic heterocycles. The topological polar surface area (TPSA) is 110 Å². The van der Waals surface area contributed by atoms with Crippen LogP contribution in [0.2, 0.25) is 0 Å². The molecule has 38 heavy (non-hydrogen) atoms. The molecule has 2 heterocycles. The van der Waals surface area contributed by atoms with E-state index in [4.69, 9.17) is 14.4 Å². The number of benzene rings is 2. The molecule has 1 unspecified atom stereocenters. The Morgan fingerprint density at radius 1 is 1.21 bits per heavy atom. The van der Waals surface area contributed by atoms with Gasteiger partial charge in [0.1, 0.15) is 17.6 Å². The van der Waals surface area contributed by atoms with Crippen LogP contribution >= 0.6 is 0 Å². The maximum atomic E-state index is 13.7. The maximum absolute atomic E-state index is 13.7. The number of halogens is 3. The second kappa shape index (κ2) is 10.2. The molecule has 0 saturated heterocycles. The van der Waals surface area contributed by atoms with Gasteiger partial charge in [0.25, 0.3) is 10.0 Å². The first-order valence-corrected chi connectivity index (χ1v) is 13.1. The number of aromatic nitrogens is 1. The van der Waals surface area contributed by atoms with Gasteiger partial charge in [-0.05, 0) is 68.7 Å². The molecule has 0 bridgehead atoms. The minimum atomic E-state index is -4.73. The van der Waals surface area contributed by atoms with Crippen LogP contribution < -0.4 is 9.04 Å². The predicted octanol–water partition coefficient (Wildman–Crippen LogP) is 5.69. The van der Waals surface area contributed by atoms with Gasteiger partial charge in [-0.3, -0.25) is 9.10 Å². The Bertz CT molecular complexity index is 1490. The minimum Gasteiger partial charge on any atom is -0.486 e. The average Bonchev–Trinajstić information content (AvgIpc) is 3.19. The van der Waals surface area contributed by atoms with Gasteiger partial charge in [-0.2, -0.15) is 13.2 Å². The van der Waals surface area contributed by atoms with Crippen molar-refractivity contribution in [3.05, 3.63) is 70.6 Å². The third-order valence-electron chi connectivity index (χ3n) is 6.16. The summed E-state index contributed by atoms with van der Waals surface area (Å²) < 4.78 is 79.4. The average molecular weight is 551 g/mol. The molecule has 1 atom stereocenters. The lowest BCUT2D eigenvalue weighted by Gasteiger charge is -2.35. The van der Waals surface area contributed by atoms with Gasteiger partial charge in [-0.1, -0.05) is 23.4 Å². The third kappa shape index (κ3) is 5.54. The van der Waals surface area contributed by atoms with E-state index in [1.165, 1.54) is 0 Å². The van der Waals surface area contributed by atoms with E-state index >= 15 is 0 Å². The molecule has 0 aliphatic carbocycles. The first-order chi connectivity index (χ1) is 17.8. The molecular weight excluding hydrogens is 525 g/mol. The van der Waals surface area contributed by atoms with Crippen LogP contribution in [0.5, 0.6) is 5.75 Å². The van der Waals surface area contributed by atoms with Crippen molar-refractivity contribution in [3.63, 3.8) is 0 Å². The fourth-order valence-electron chi connectivity index (χ4n) is 4.41. The highest BCUT2D eigenvalue weighted by Crippen LogP contribution is 2.40. The fraction of sp³-hybridized carbons (Fsp3) is 0.308. The number of aryl methyl sites for hydroxylation is 2. The second-order valence-corrected chi connectivity index (χ2v) is 10.8. The van der Waals surface area contributed by atoms with Gasteiger partial charge < -0.3 is 14.4 Å². The summed E-state index contributed by atoms with van der Waals surface area (Å²) in [6.45, 7) is 5.15. The first-order valence-electron chi connectivity index (χ1n) is 11.6. The van der Waals surface area contributed by atoms with Gasteiger partial charge in [0.05, 0.1) is 28.4 Å². The predicted molar refractivity (Wildman–Crippen MR) is 133 cm³/mol. The molecule has 0 saturated carbocycles. The monoisotopic (exact) mass is 550 g/mol. The Balaban J connectivity index is 1.79. The number of rotatable bonds is 7. The minimum absolute atomic E-state index is 0.0101. The zero-order chi connectivity index (χ0) is 27.8. The normalized spacial score (nSPS) is 16.2. The zero-order valence-electron chi connectivity index (χ0n) is 20.7. The number of carboxylic acids is 1. The van der Waals surface area contributed by atoms with Crippen LogP contribution in [-0.2, 0) is 21.0 Å². The molecule has 8 nitrogen and oxygen atoms in total. The number of allylic oxidation sites excluding steroid dienone is 1. The maximum Gasteiger partial charge on any atom is 0.416 e. The van der Waals surface area contributed by atoms with Crippen molar-refractivity contribution in [2.45, 2.75) is 50.8 Å². The molecule has 4 rings (SSSR count). The number of sulfonamides is 1. The largest absolute Gasteiger partial charge is 0.486 e. The van der Waals surface area contributed by atoms with Crippen molar-refractivity contribution in [3.8, 4) is 5.75 Å². The summed E-state index contributed by atoms with van der Waals surface area (Å²) >= 11 is 0. The van der Waals surface area contributed by atoms with Crippen molar-refractivity contribution in [1.82, 2.24) is 5.16 Å². The number of ether oxygens (including phenoxy) is 1. The smallest absolute Gasteiger partial charge is 0.416 e. The van der Waals surface area contributed by atoms with E-state index in [1.807, 2.05) is 6.92 Å². The van der Waals surface area contributed by atoms with E-state index in [1.54, 1.807) is 38.1 Å². The molecule has 2 aromatic carbocycles. The Morgan fingerprint density at radius 2 is 1.95 bits per heavy atom. The number of alkyl halides is 3. The summed E-state index contributed by atoms with van der Waals surface area (Å²) in [4.78, 5) is 10.6. The summed E-state index contributed by atoms with van der Waals surface area (Å²) in [6.07, 6.45) is -4.00. The number of aliphatic carboxylic acids is 1. The van der Waals surface area contributed by atoms with Gasteiger partial charge >= 0.3 is 12.1 Å². The van der Waals surface area contributed by atoms with E-state index in [9.17, 15) is 26.4 Å². The van der Waals surface area contributed by atoms with E-state index in [0.717, 1.165) is 33.6 Å². The molecule has 0 amide bonds. The molecule has 0 spiro atoms. The van der Waals surface area contributed by atoms with Crippen LogP contribution in [0.15, 0.2) is 51.9 Å². The van der Waals surface area contributed by atoms with Gasteiger partial charge in [-0.25, -0.2) is 8.42 Å². The van der Waals surface area contributed by atoms with E-state index in [2.05, 4.69) is 5.16 Å². The molecule has 0 radical (unpaired) electrons. The number of fused-ring (bicyclic) bond motifs is 1. The Labute approximate surface area is 217 Å². The Kier molecular flexibility index (Phi) is 7.29. The molecule has 1 aromatic heterocycles. The molecule has 202 valence electrons. The molecule has 3 aromatic rings. The number of anilines is 1. The van der Waals surface area contributed by atoms with Gasteiger partial charge in [-0.15, -0.1) is 0 Å². The Morgan fingerprint density at radius 3 is 2.58 bits per heavy atom. The SMILES string of the molecule is CC(=Cc1ccc2c(c1)N(S(=O)(=O)c1cccc(C(F)(F)F)c1)CC(CCC(=O)O)O2)c1c(C)noc1C. The van der Waals surface area contributed by atoms with Gasteiger partial charge in [0, 0.05) is 12.0 Å². The highest BCUT2D eigenvalue weighted by atomic mass is 32.2. The lowest BCUT2D eigenvalue weighted by atomic mass is 10.0. The number of carboxylic acid groups (broad SMARTS) is 1. The van der Waals surface area contributed by atoms with Crippen LogP contribution in [0, 0.1) is 13.8 Å². The van der Waals surface area contributed by atoms with Crippen LogP contribution in [0.1, 0.15) is 47.9 Å². The van der Waals surface area contributed by atoms with E-state index in [0.29, 0.717) is 23.1 Å². The molecule has 0 fully saturated rings. The number of carbonyl (C=O) groups is 1.